The van der Waals surface area contributed by atoms with Crippen LogP contribution in [-0.4, -0.2) is 54.6 Å². The Balaban J connectivity index is 2.47. The van der Waals surface area contributed by atoms with E-state index in [-0.39, 0.29) is 19.5 Å². The van der Waals surface area contributed by atoms with Crippen LogP contribution in [0, 0.1) is 5.92 Å². The predicted octanol–water partition coefficient (Wildman–Crippen LogP) is 0.559. The van der Waals surface area contributed by atoms with Crippen molar-refractivity contribution < 1.29 is 23.4 Å². The molecular formula is C13H26N2O5S. The molecular weight excluding hydrogens is 296 g/mol. The first-order valence-electron chi connectivity index (χ1n) is 7.33. The number of aliphatic hydroxyl groups is 1. The van der Waals surface area contributed by atoms with Gasteiger partial charge in [0.15, 0.2) is 0 Å². The van der Waals surface area contributed by atoms with Crippen molar-refractivity contribution in [2.45, 2.75) is 51.0 Å². The highest BCUT2D eigenvalue weighted by Crippen LogP contribution is 2.33. The van der Waals surface area contributed by atoms with Crippen LogP contribution < -0.4 is 4.72 Å². The molecule has 0 atom stereocenters. The fraction of sp³-hybridized carbons (Fsp3) is 0.923. The van der Waals surface area contributed by atoms with Crippen LogP contribution in [0.1, 0.15) is 45.4 Å². The Bertz CT molecular complexity index is 443. The van der Waals surface area contributed by atoms with Gasteiger partial charge in [0.1, 0.15) is 0 Å². The van der Waals surface area contributed by atoms with Crippen molar-refractivity contribution in [2.75, 3.05) is 20.1 Å². The maximum atomic E-state index is 12.0. The van der Waals surface area contributed by atoms with Crippen LogP contribution in [0.4, 0.5) is 0 Å². The van der Waals surface area contributed by atoms with E-state index in [4.69, 9.17) is 5.11 Å². The number of carboxylic acid groups (broad SMARTS) is 1. The normalized spacial score (nSPS) is 27.0. The molecule has 8 heteroatoms. The van der Waals surface area contributed by atoms with Crippen molar-refractivity contribution in [3.05, 3.63) is 0 Å². The number of nitrogens with one attached hydrogen (secondary N) is 1. The first-order valence-corrected chi connectivity index (χ1v) is 8.77. The standard InChI is InChI=1S/C13H26N2O5S/c1-3-11-4-7-13(18,8-5-11)10-14-21(19,20)15(2)9-6-12(16)17/h11,14,18H,3-10H2,1-2H3,(H,16,17). The number of rotatable bonds is 8. The minimum absolute atomic E-state index is 0.0246. The zero-order valence-corrected chi connectivity index (χ0v) is 13.5. The molecule has 124 valence electrons. The zero-order valence-electron chi connectivity index (χ0n) is 12.7. The second kappa shape index (κ2) is 7.53. The van der Waals surface area contributed by atoms with Crippen molar-refractivity contribution in [3.8, 4) is 0 Å². The van der Waals surface area contributed by atoms with E-state index in [9.17, 15) is 18.3 Å². The van der Waals surface area contributed by atoms with Crippen LogP contribution in [0.2, 0.25) is 0 Å². The predicted molar refractivity (Wildman–Crippen MR) is 79.0 cm³/mol. The van der Waals surface area contributed by atoms with E-state index in [1.807, 2.05) is 0 Å². The number of hydrogen-bond donors (Lipinski definition) is 3. The Kier molecular flexibility index (Phi) is 6.58. The number of nitrogens with zero attached hydrogens (tertiary/aromatic N) is 1. The van der Waals surface area contributed by atoms with Crippen molar-refractivity contribution >= 4 is 16.2 Å². The van der Waals surface area contributed by atoms with Crippen LogP contribution in [0.25, 0.3) is 0 Å². The average Bonchev–Trinajstić information content (AvgIpc) is 2.43. The zero-order chi connectivity index (χ0) is 16.1. The van der Waals surface area contributed by atoms with Crippen LogP contribution in [0.15, 0.2) is 0 Å². The smallest absolute Gasteiger partial charge is 0.304 e. The molecule has 0 radical (unpaired) electrons. The van der Waals surface area contributed by atoms with Gasteiger partial charge in [-0.05, 0) is 31.6 Å². The van der Waals surface area contributed by atoms with Gasteiger partial charge in [-0.15, -0.1) is 0 Å². The molecule has 1 rings (SSSR count). The van der Waals surface area contributed by atoms with Gasteiger partial charge in [-0.3, -0.25) is 4.79 Å². The largest absolute Gasteiger partial charge is 0.481 e. The van der Waals surface area contributed by atoms with Crippen LogP contribution in [-0.2, 0) is 15.0 Å². The second-order valence-corrected chi connectivity index (χ2v) is 7.73. The van der Waals surface area contributed by atoms with Crippen molar-refractivity contribution in [1.82, 2.24) is 9.03 Å². The third-order valence-corrected chi connectivity index (χ3v) is 5.76. The topological polar surface area (TPSA) is 107 Å². The van der Waals surface area contributed by atoms with Gasteiger partial charge in [0.2, 0.25) is 0 Å². The van der Waals surface area contributed by atoms with Gasteiger partial charge < -0.3 is 10.2 Å². The highest BCUT2D eigenvalue weighted by atomic mass is 32.2. The number of carbonyl (C=O) groups is 1. The highest BCUT2D eigenvalue weighted by molar-refractivity contribution is 7.87. The van der Waals surface area contributed by atoms with Crippen molar-refractivity contribution in [3.63, 3.8) is 0 Å². The Morgan fingerprint density at radius 1 is 1.38 bits per heavy atom. The lowest BCUT2D eigenvalue weighted by atomic mass is 9.78. The van der Waals surface area contributed by atoms with Gasteiger partial charge in [0.25, 0.3) is 10.2 Å². The molecule has 1 aliphatic rings. The van der Waals surface area contributed by atoms with E-state index in [1.54, 1.807) is 0 Å². The quantitative estimate of drug-likeness (QED) is 0.605. The van der Waals surface area contributed by atoms with Gasteiger partial charge in [0.05, 0.1) is 12.0 Å². The lowest BCUT2D eigenvalue weighted by molar-refractivity contribution is -0.137. The van der Waals surface area contributed by atoms with Gasteiger partial charge >= 0.3 is 5.97 Å². The molecule has 0 amide bonds. The summed E-state index contributed by atoms with van der Waals surface area (Å²) in [6.07, 6.45) is 3.83. The van der Waals surface area contributed by atoms with E-state index >= 15 is 0 Å². The Hall–Kier alpha value is -0.700. The molecule has 1 saturated carbocycles. The number of carboxylic acids is 1. The Morgan fingerprint density at radius 3 is 2.43 bits per heavy atom. The molecule has 0 unspecified atom stereocenters. The van der Waals surface area contributed by atoms with E-state index in [1.165, 1.54) is 7.05 Å². The summed E-state index contributed by atoms with van der Waals surface area (Å²) in [5, 5.41) is 19.0. The molecule has 0 heterocycles. The maximum Gasteiger partial charge on any atom is 0.304 e. The lowest BCUT2D eigenvalue weighted by Crippen LogP contribution is -2.49. The minimum Gasteiger partial charge on any atom is -0.481 e. The number of aliphatic carboxylic acids is 1. The fourth-order valence-electron chi connectivity index (χ4n) is 2.51. The molecule has 0 bridgehead atoms. The van der Waals surface area contributed by atoms with E-state index in [2.05, 4.69) is 11.6 Å². The van der Waals surface area contributed by atoms with Gasteiger partial charge in [-0.2, -0.15) is 17.4 Å². The molecule has 0 aromatic carbocycles. The van der Waals surface area contributed by atoms with E-state index in [0.717, 1.165) is 23.6 Å². The van der Waals surface area contributed by atoms with Gasteiger partial charge in [-0.25, -0.2) is 0 Å². The first-order chi connectivity index (χ1) is 9.68. The second-order valence-electron chi connectivity index (χ2n) is 5.87. The van der Waals surface area contributed by atoms with Crippen molar-refractivity contribution in [2.24, 2.45) is 5.92 Å². The van der Waals surface area contributed by atoms with Crippen LogP contribution in [0.5, 0.6) is 0 Å². The molecule has 0 aromatic heterocycles. The summed E-state index contributed by atoms with van der Waals surface area (Å²) < 4.78 is 27.3. The summed E-state index contributed by atoms with van der Waals surface area (Å²) in [6.45, 7) is 2.00. The van der Waals surface area contributed by atoms with Gasteiger partial charge in [0, 0.05) is 20.1 Å². The minimum atomic E-state index is -3.75. The SMILES string of the molecule is CCC1CCC(O)(CNS(=O)(=O)N(C)CCC(=O)O)CC1. The maximum absolute atomic E-state index is 12.0. The summed E-state index contributed by atoms with van der Waals surface area (Å²) in [5.41, 5.74) is -0.994. The Labute approximate surface area is 126 Å². The Morgan fingerprint density at radius 2 is 1.95 bits per heavy atom. The first kappa shape index (κ1) is 18.3. The molecule has 1 fully saturated rings. The monoisotopic (exact) mass is 322 g/mol. The summed E-state index contributed by atoms with van der Waals surface area (Å²) in [5.74, 6) is -0.436. The highest BCUT2D eigenvalue weighted by Gasteiger charge is 2.34. The third kappa shape index (κ3) is 5.90. The summed E-state index contributed by atoms with van der Waals surface area (Å²) in [4.78, 5) is 10.5. The molecule has 0 aliphatic heterocycles. The fourth-order valence-corrected chi connectivity index (χ4v) is 3.51. The number of hydrogen-bond acceptors (Lipinski definition) is 4. The molecule has 3 N–H and O–H groups in total. The molecule has 0 aromatic rings. The summed E-state index contributed by atoms with van der Waals surface area (Å²) in [7, 11) is -2.43. The lowest BCUT2D eigenvalue weighted by Gasteiger charge is -2.36. The third-order valence-electron chi connectivity index (χ3n) is 4.25. The van der Waals surface area contributed by atoms with E-state index < -0.39 is 21.8 Å². The molecule has 1 aliphatic carbocycles. The summed E-state index contributed by atoms with van der Waals surface area (Å²) >= 11 is 0. The van der Waals surface area contributed by atoms with Crippen LogP contribution >= 0.6 is 0 Å². The molecule has 7 nitrogen and oxygen atoms in total. The molecule has 0 spiro atoms. The van der Waals surface area contributed by atoms with Gasteiger partial charge in [-0.1, -0.05) is 13.3 Å². The summed E-state index contributed by atoms with van der Waals surface area (Å²) in [6, 6.07) is 0. The average molecular weight is 322 g/mol. The van der Waals surface area contributed by atoms with Crippen LogP contribution in [0.3, 0.4) is 0 Å². The van der Waals surface area contributed by atoms with Crippen molar-refractivity contribution in [1.29, 1.82) is 0 Å². The molecule has 21 heavy (non-hydrogen) atoms. The van der Waals surface area contributed by atoms with E-state index in [0.29, 0.717) is 18.8 Å². The molecule has 0 saturated heterocycles.